The van der Waals surface area contributed by atoms with Gasteiger partial charge in [0.25, 0.3) is 0 Å². The predicted molar refractivity (Wildman–Crippen MR) is 45.9 cm³/mol. The molecule has 0 spiro atoms. The highest BCUT2D eigenvalue weighted by Gasteiger charge is 1.87. The van der Waals surface area contributed by atoms with Gasteiger partial charge in [0.15, 0.2) is 0 Å². The first-order chi connectivity index (χ1) is 5.36. The molecule has 0 aliphatic heterocycles. The van der Waals surface area contributed by atoms with Crippen molar-refractivity contribution in [1.29, 1.82) is 0 Å². The van der Waals surface area contributed by atoms with E-state index in [1.807, 2.05) is 24.3 Å². The largest absolute Gasteiger partial charge is 0.411 e. The molecule has 11 heavy (non-hydrogen) atoms. The van der Waals surface area contributed by atoms with E-state index in [4.69, 9.17) is 5.21 Å². The third-order valence-electron chi connectivity index (χ3n) is 1.35. The van der Waals surface area contributed by atoms with Gasteiger partial charge < -0.3 is 5.21 Å². The van der Waals surface area contributed by atoms with Crippen molar-refractivity contribution < 1.29 is 5.21 Å². The highest BCUT2D eigenvalue weighted by Crippen LogP contribution is 2.03. The molecule has 0 atom stereocenters. The van der Waals surface area contributed by atoms with Crippen LogP contribution in [-0.4, -0.2) is 11.4 Å². The van der Waals surface area contributed by atoms with E-state index in [0.717, 1.165) is 11.1 Å². The lowest BCUT2D eigenvalue weighted by Gasteiger charge is -1.93. The van der Waals surface area contributed by atoms with E-state index >= 15 is 0 Å². The fourth-order valence-corrected chi connectivity index (χ4v) is 0.833. The highest BCUT2D eigenvalue weighted by molar-refractivity contribution is 5.80. The normalized spacial score (nSPS) is 10.2. The molecule has 1 N–H and O–H groups in total. The Kier molecular flexibility index (Phi) is 2.44. The van der Waals surface area contributed by atoms with Crippen molar-refractivity contribution in [3.05, 3.63) is 42.0 Å². The van der Waals surface area contributed by atoms with Crippen LogP contribution in [0.3, 0.4) is 0 Å². The van der Waals surface area contributed by atoms with Crippen molar-refractivity contribution in [3.63, 3.8) is 0 Å². The average molecular weight is 147 g/mol. The molecule has 0 saturated carbocycles. The second-order valence-corrected chi connectivity index (χ2v) is 2.12. The summed E-state index contributed by atoms with van der Waals surface area (Å²) in [6.45, 7) is 3.63. The Morgan fingerprint density at radius 1 is 1.36 bits per heavy atom. The van der Waals surface area contributed by atoms with Gasteiger partial charge in [-0.05, 0) is 17.2 Å². The Labute approximate surface area is 65.5 Å². The maximum atomic E-state index is 8.23. The molecule has 1 aromatic carbocycles. The van der Waals surface area contributed by atoms with Crippen LogP contribution in [0.2, 0.25) is 0 Å². The van der Waals surface area contributed by atoms with Crippen molar-refractivity contribution in [2.45, 2.75) is 0 Å². The van der Waals surface area contributed by atoms with Gasteiger partial charge >= 0.3 is 0 Å². The fourth-order valence-electron chi connectivity index (χ4n) is 0.833. The third-order valence-corrected chi connectivity index (χ3v) is 1.35. The molecule has 0 aliphatic rings. The van der Waals surface area contributed by atoms with E-state index in [-0.39, 0.29) is 0 Å². The first-order valence-electron chi connectivity index (χ1n) is 3.27. The molecule has 0 amide bonds. The zero-order valence-corrected chi connectivity index (χ0v) is 6.07. The minimum absolute atomic E-state index is 0.866. The lowest BCUT2D eigenvalue weighted by atomic mass is 10.1. The Morgan fingerprint density at radius 2 is 2.09 bits per heavy atom. The summed E-state index contributed by atoms with van der Waals surface area (Å²) >= 11 is 0. The van der Waals surface area contributed by atoms with Gasteiger partial charge in [-0.1, -0.05) is 36.0 Å². The topological polar surface area (TPSA) is 32.6 Å². The van der Waals surface area contributed by atoms with E-state index < -0.39 is 0 Å². The summed E-state index contributed by atoms with van der Waals surface area (Å²) in [7, 11) is 0. The van der Waals surface area contributed by atoms with E-state index in [9.17, 15) is 0 Å². The van der Waals surface area contributed by atoms with E-state index in [1.54, 1.807) is 6.08 Å². The quantitative estimate of drug-likeness (QED) is 0.388. The van der Waals surface area contributed by atoms with Crippen LogP contribution in [0, 0.1) is 0 Å². The number of hydrogen-bond acceptors (Lipinski definition) is 2. The molecule has 1 aromatic rings. The van der Waals surface area contributed by atoms with Crippen LogP contribution >= 0.6 is 0 Å². The molecule has 0 saturated heterocycles. The summed E-state index contributed by atoms with van der Waals surface area (Å²) in [5.74, 6) is 0. The Bertz CT molecular complexity index is 279. The van der Waals surface area contributed by atoms with Gasteiger partial charge in [0.1, 0.15) is 0 Å². The van der Waals surface area contributed by atoms with Gasteiger partial charge in [0.05, 0.1) is 6.21 Å². The first-order valence-corrected chi connectivity index (χ1v) is 3.27. The van der Waals surface area contributed by atoms with Crippen molar-refractivity contribution in [2.75, 3.05) is 0 Å². The van der Waals surface area contributed by atoms with E-state index in [1.165, 1.54) is 6.21 Å². The van der Waals surface area contributed by atoms with Crippen LogP contribution in [-0.2, 0) is 0 Å². The summed E-state index contributed by atoms with van der Waals surface area (Å²) in [4.78, 5) is 0. The van der Waals surface area contributed by atoms with Crippen LogP contribution in [0.25, 0.3) is 6.08 Å². The number of hydrogen-bond donors (Lipinski definition) is 1. The number of rotatable bonds is 2. The molecule has 2 nitrogen and oxygen atoms in total. The van der Waals surface area contributed by atoms with Crippen molar-refractivity contribution >= 4 is 12.3 Å². The van der Waals surface area contributed by atoms with Gasteiger partial charge in [-0.25, -0.2) is 0 Å². The minimum Gasteiger partial charge on any atom is -0.411 e. The summed E-state index contributed by atoms with van der Waals surface area (Å²) < 4.78 is 0. The van der Waals surface area contributed by atoms with Crippen LogP contribution < -0.4 is 0 Å². The van der Waals surface area contributed by atoms with E-state index in [0.29, 0.717) is 0 Å². The second kappa shape index (κ2) is 3.56. The van der Waals surface area contributed by atoms with Crippen molar-refractivity contribution in [3.8, 4) is 0 Å². The van der Waals surface area contributed by atoms with Gasteiger partial charge in [0.2, 0.25) is 0 Å². The van der Waals surface area contributed by atoms with Crippen molar-refractivity contribution in [2.24, 2.45) is 5.16 Å². The number of nitrogens with zero attached hydrogens (tertiary/aromatic N) is 1. The lowest BCUT2D eigenvalue weighted by molar-refractivity contribution is 0.322. The molecule has 0 aliphatic carbocycles. The molecule has 2 heteroatoms. The molecular formula is C9H9NO. The summed E-state index contributed by atoms with van der Waals surface area (Å²) in [6, 6.07) is 7.55. The van der Waals surface area contributed by atoms with Crippen LogP contribution in [0.15, 0.2) is 36.0 Å². The maximum absolute atomic E-state index is 8.23. The van der Waals surface area contributed by atoms with Crippen LogP contribution in [0.4, 0.5) is 0 Å². The summed E-state index contributed by atoms with van der Waals surface area (Å²) in [6.07, 6.45) is 3.13. The SMILES string of the molecule is C=Cc1cccc(C=NO)c1. The molecule has 0 radical (unpaired) electrons. The van der Waals surface area contributed by atoms with Crippen LogP contribution in [0.5, 0.6) is 0 Å². The van der Waals surface area contributed by atoms with Gasteiger partial charge in [-0.3, -0.25) is 0 Å². The van der Waals surface area contributed by atoms with Gasteiger partial charge in [0, 0.05) is 0 Å². The summed E-state index contributed by atoms with van der Waals surface area (Å²) in [5, 5.41) is 11.1. The third kappa shape index (κ3) is 1.93. The van der Waals surface area contributed by atoms with Gasteiger partial charge in [-0.2, -0.15) is 0 Å². The smallest absolute Gasteiger partial charge is 0.0734 e. The molecule has 0 aromatic heterocycles. The molecule has 56 valence electrons. The zero-order valence-electron chi connectivity index (χ0n) is 6.07. The molecule has 0 bridgehead atoms. The number of benzene rings is 1. The fraction of sp³-hybridized carbons (Fsp3) is 0. The van der Waals surface area contributed by atoms with Gasteiger partial charge in [-0.15, -0.1) is 0 Å². The zero-order chi connectivity index (χ0) is 8.10. The van der Waals surface area contributed by atoms with Crippen LogP contribution in [0.1, 0.15) is 11.1 Å². The first kappa shape index (κ1) is 7.54. The minimum atomic E-state index is 0.866. The maximum Gasteiger partial charge on any atom is 0.0734 e. The highest BCUT2D eigenvalue weighted by atomic mass is 16.4. The molecule has 0 fully saturated rings. The second-order valence-electron chi connectivity index (χ2n) is 2.12. The standard InChI is InChI=1S/C9H9NO/c1-2-8-4-3-5-9(6-8)7-10-11/h2-7,11H,1H2. The molecular weight excluding hydrogens is 138 g/mol. The Balaban J connectivity index is 3.00. The molecule has 0 unspecified atom stereocenters. The average Bonchev–Trinajstić information content (AvgIpc) is 2.06. The van der Waals surface area contributed by atoms with Crippen molar-refractivity contribution in [1.82, 2.24) is 0 Å². The summed E-state index contributed by atoms with van der Waals surface area (Å²) in [5.41, 5.74) is 1.88. The lowest BCUT2D eigenvalue weighted by Crippen LogP contribution is -1.80. The number of oxime groups is 1. The van der Waals surface area contributed by atoms with E-state index in [2.05, 4.69) is 11.7 Å². The predicted octanol–water partition coefficient (Wildman–Crippen LogP) is 2.14. The Hall–Kier alpha value is -1.57. The Morgan fingerprint density at radius 3 is 2.73 bits per heavy atom. The molecule has 0 heterocycles. The monoisotopic (exact) mass is 147 g/mol. The molecule has 1 rings (SSSR count).